The van der Waals surface area contributed by atoms with E-state index in [0.717, 1.165) is 30.4 Å². The van der Waals surface area contributed by atoms with Crippen molar-refractivity contribution in [2.24, 2.45) is 0 Å². The Balaban J connectivity index is 2.24. The first-order valence-corrected chi connectivity index (χ1v) is 8.60. The molecule has 0 aliphatic carbocycles. The van der Waals surface area contributed by atoms with Gasteiger partial charge in [-0.25, -0.2) is 4.79 Å². The number of nitrogens with zero attached hydrogens (tertiary/aromatic N) is 1. The van der Waals surface area contributed by atoms with E-state index in [0.29, 0.717) is 5.88 Å². The molecule has 126 valence electrons. The van der Waals surface area contributed by atoms with Gasteiger partial charge >= 0.3 is 5.97 Å². The second-order valence-corrected chi connectivity index (χ2v) is 5.92. The zero-order chi connectivity index (χ0) is 17.2. The molecular weight excluding hydrogens is 322 g/mol. The number of halogens is 1. The van der Waals surface area contributed by atoms with Crippen molar-refractivity contribution in [3.05, 3.63) is 66.5 Å². The zero-order valence-electron chi connectivity index (χ0n) is 13.8. The molecule has 0 fully saturated rings. The highest BCUT2D eigenvalue weighted by atomic mass is 35.5. The third kappa shape index (κ3) is 5.50. The summed E-state index contributed by atoms with van der Waals surface area (Å²) in [5.74, 6) is 0.480. The number of esters is 1. The molecule has 0 amide bonds. The fraction of sp³-hybridized carbons (Fsp3) is 0.300. The topological polar surface area (TPSA) is 39.2 Å². The molecule has 0 bridgehead atoms. The van der Waals surface area contributed by atoms with E-state index >= 15 is 0 Å². The smallest absolute Gasteiger partial charge is 0.330 e. The maximum Gasteiger partial charge on any atom is 0.330 e. The Bertz CT molecular complexity index is 670. The zero-order valence-corrected chi connectivity index (χ0v) is 14.6. The standard InChI is InChI=1S/C20H22ClNO2/c1-24-20(23)11-10-16(6-2-3-12-21)17-7-4-8-18(14-17)19-9-5-13-22-15-19/h4-5,7-11,13-16H,2-3,6,12H2,1H3/b11-10+. The van der Waals surface area contributed by atoms with Crippen molar-refractivity contribution in [2.45, 2.75) is 25.2 Å². The molecule has 24 heavy (non-hydrogen) atoms. The van der Waals surface area contributed by atoms with Crippen LogP contribution in [0.15, 0.2) is 60.9 Å². The van der Waals surface area contributed by atoms with Crippen LogP contribution in [0.4, 0.5) is 0 Å². The fourth-order valence-corrected chi connectivity index (χ4v) is 2.77. The first kappa shape index (κ1) is 18.2. The molecular formula is C20H22ClNO2. The lowest BCUT2D eigenvalue weighted by Gasteiger charge is -2.14. The van der Waals surface area contributed by atoms with Crippen molar-refractivity contribution < 1.29 is 9.53 Å². The molecule has 1 heterocycles. The highest BCUT2D eigenvalue weighted by Gasteiger charge is 2.10. The van der Waals surface area contributed by atoms with Crippen molar-refractivity contribution >= 4 is 17.6 Å². The average Bonchev–Trinajstić information content (AvgIpc) is 2.65. The predicted molar refractivity (Wildman–Crippen MR) is 98.1 cm³/mol. The lowest BCUT2D eigenvalue weighted by Crippen LogP contribution is -2.00. The van der Waals surface area contributed by atoms with Gasteiger partial charge in [-0.05, 0) is 35.6 Å². The van der Waals surface area contributed by atoms with E-state index in [1.807, 2.05) is 30.5 Å². The molecule has 2 aromatic rings. The Kier molecular flexibility index (Phi) is 7.50. The van der Waals surface area contributed by atoms with Gasteiger partial charge in [0.15, 0.2) is 0 Å². The molecule has 3 nitrogen and oxygen atoms in total. The number of ether oxygens (including phenoxy) is 1. The summed E-state index contributed by atoms with van der Waals surface area (Å²) in [6.45, 7) is 0. The average molecular weight is 344 g/mol. The lowest BCUT2D eigenvalue weighted by molar-refractivity contribution is -0.134. The van der Waals surface area contributed by atoms with Crippen LogP contribution in [0.2, 0.25) is 0 Å². The summed E-state index contributed by atoms with van der Waals surface area (Å²) in [7, 11) is 1.39. The Morgan fingerprint density at radius 2 is 2.08 bits per heavy atom. The number of rotatable bonds is 8. The van der Waals surface area contributed by atoms with E-state index in [1.165, 1.54) is 18.7 Å². The molecule has 2 rings (SSSR count). The second-order valence-electron chi connectivity index (χ2n) is 5.54. The van der Waals surface area contributed by atoms with E-state index in [9.17, 15) is 4.79 Å². The van der Waals surface area contributed by atoms with Gasteiger partial charge in [-0.2, -0.15) is 0 Å². The van der Waals surface area contributed by atoms with Gasteiger partial charge in [0.2, 0.25) is 0 Å². The van der Waals surface area contributed by atoms with Crippen LogP contribution in [0.5, 0.6) is 0 Å². The molecule has 4 heteroatoms. The van der Waals surface area contributed by atoms with Crippen molar-refractivity contribution in [3.63, 3.8) is 0 Å². The van der Waals surface area contributed by atoms with Gasteiger partial charge in [0.05, 0.1) is 7.11 Å². The summed E-state index contributed by atoms with van der Waals surface area (Å²) < 4.78 is 4.70. The summed E-state index contributed by atoms with van der Waals surface area (Å²) in [6, 6.07) is 12.3. The molecule has 0 radical (unpaired) electrons. The number of pyridine rings is 1. The summed E-state index contributed by atoms with van der Waals surface area (Å²) in [4.78, 5) is 15.6. The minimum atomic E-state index is -0.333. The number of unbranched alkanes of at least 4 members (excludes halogenated alkanes) is 1. The highest BCUT2D eigenvalue weighted by Crippen LogP contribution is 2.28. The number of hydrogen-bond acceptors (Lipinski definition) is 3. The number of aromatic nitrogens is 1. The highest BCUT2D eigenvalue weighted by molar-refractivity contribution is 6.17. The van der Waals surface area contributed by atoms with Crippen LogP contribution in [-0.4, -0.2) is 23.9 Å². The Morgan fingerprint density at radius 1 is 1.25 bits per heavy atom. The maximum atomic E-state index is 11.4. The monoisotopic (exact) mass is 343 g/mol. The van der Waals surface area contributed by atoms with Gasteiger partial charge in [-0.3, -0.25) is 4.98 Å². The van der Waals surface area contributed by atoms with Gasteiger partial charge in [-0.15, -0.1) is 11.6 Å². The Labute approximate surface area is 148 Å². The quantitative estimate of drug-likeness (QED) is 0.294. The predicted octanol–water partition coefficient (Wildman–Crippen LogP) is 4.97. The van der Waals surface area contributed by atoms with Crippen LogP contribution in [0.25, 0.3) is 11.1 Å². The number of benzene rings is 1. The molecule has 0 N–H and O–H groups in total. The van der Waals surface area contributed by atoms with Crippen molar-refractivity contribution in [3.8, 4) is 11.1 Å². The molecule has 0 spiro atoms. The van der Waals surface area contributed by atoms with E-state index in [2.05, 4.69) is 23.2 Å². The summed E-state index contributed by atoms with van der Waals surface area (Å²) >= 11 is 5.79. The fourth-order valence-electron chi connectivity index (χ4n) is 2.58. The maximum absolute atomic E-state index is 11.4. The summed E-state index contributed by atoms with van der Waals surface area (Å²) in [5.41, 5.74) is 3.37. The number of hydrogen-bond donors (Lipinski definition) is 0. The van der Waals surface area contributed by atoms with Crippen LogP contribution in [0.3, 0.4) is 0 Å². The van der Waals surface area contributed by atoms with E-state index in [-0.39, 0.29) is 11.9 Å². The van der Waals surface area contributed by atoms with Gasteiger partial charge in [-0.1, -0.05) is 42.8 Å². The SMILES string of the molecule is COC(=O)/C=C/C(CCCCCl)c1cccc(-c2cccnc2)c1. The minimum Gasteiger partial charge on any atom is -0.466 e. The number of alkyl halides is 1. The number of carbonyl (C=O) groups excluding carboxylic acids is 1. The lowest BCUT2D eigenvalue weighted by atomic mass is 9.91. The molecule has 1 aromatic heterocycles. The number of methoxy groups -OCH3 is 1. The van der Waals surface area contributed by atoms with E-state index in [1.54, 1.807) is 6.20 Å². The van der Waals surface area contributed by atoms with Crippen LogP contribution >= 0.6 is 11.6 Å². The molecule has 0 aliphatic heterocycles. The van der Waals surface area contributed by atoms with Gasteiger partial charge in [0.25, 0.3) is 0 Å². The van der Waals surface area contributed by atoms with Crippen LogP contribution in [-0.2, 0) is 9.53 Å². The molecule has 1 aromatic carbocycles. The molecule has 0 saturated carbocycles. The molecule has 0 saturated heterocycles. The Hall–Kier alpha value is -2.13. The van der Waals surface area contributed by atoms with Gasteiger partial charge in [0, 0.05) is 30.3 Å². The van der Waals surface area contributed by atoms with Gasteiger partial charge < -0.3 is 4.74 Å². The molecule has 1 atom stereocenters. The first-order chi connectivity index (χ1) is 11.7. The first-order valence-electron chi connectivity index (χ1n) is 8.07. The van der Waals surface area contributed by atoms with Crippen molar-refractivity contribution in [1.82, 2.24) is 4.98 Å². The second kappa shape index (κ2) is 9.89. The van der Waals surface area contributed by atoms with Crippen molar-refractivity contribution in [2.75, 3.05) is 13.0 Å². The largest absolute Gasteiger partial charge is 0.466 e. The molecule has 1 unspecified atom stereocenters. The minimum absolute atomic E-state index is 0.156. The van der Waals surface area contributed by atoms with Gasteiger partial charge in [0.1, 0.15) is 0 Å². The van der Waals surface area contributed by atoms with E-state index < -0.39 is 0 Å². The van der Waals surface area contributed by atoms with E-state index in [4.69, 9.17) is 16.3 Å². The molecule has 0 aliphatic rings. The number of carbonyl (C=O) groups is 1. The van der Waals surface area contributed by atoms with Crippen LogP contribution in [0, 0.1) is 0 Å². The third-order valence-corrected chi connectivity index (χ3v) is 4.14. The van der Waals surface area contributed by atoms with Crippen molar-refractivity contribution in [1.29, 1.82) is 0 Å². The number of allylic oxidation sites excluding steroid dienone is 1. The summed E-state index contributed by atoms with van der Waals surface area (Å²) in [6.07, 6.45) is 9.96. The third-order valence-electron chi connectivity index (χ3n) is 3.87. The van der Waals surface area contributed by atoms with Crippen LogP contribution in [0.1, 0.15) is 30.7 Å². The normalized spacial score (nSPS) is 12.2. The van der Waals surface area contributed by atoms with Crippen LogP contribution < -0.4 is 0 Å². The summed E-state index contributed by atoms with van der Waals surface area (Å²) in [5, 5.41) is 0. The Morgan fingerprint density at radius 3 is 2.79 bits per heavy atom.